The van der Waals surface area contributed by atoms with Crippen LogP contribution in [0.2, 0.25) is 0 Å². The molecule has 0 fully saturated rings. The van der Waals surface area contributed by atoms with Gasteiger partial charge in [-0.1, -0.05) is 101 Å². The Morgan fingerprint density at radius 3 is 2.11 bits per heavy atom. The molecule has 0 bridgehead atoms. The Hall–Kier alpha value is -3.90. The lowest BCUT2D eigenvalue weighted by atomic mass is 10.0. The van der Waals surface area contributed by atoms with Gasteiger partial charge in [0.1, 0.15) is 18.4 Å². The highest BCUT2D eigenvalue weighted by Gasteiger charge is 2.24. The summed E-state index contributed by atoms with van der Waals surface area (Å²) in [6, 6.07) is 32.0. The molecule has 0 saturated heterocycles. The van der Waals surface area contributed by atoms with Gasteiger partial charge in [-0.3, -0.25) is 4.79 Å². The highest BCUT2D eigenvalue weighted by atomic mass is 79.9. The van der Waals surface area contributed by atoms with Crippen molar-refractivity contribution >= 4 is 27.8 Å². The highest BCUT2D eigenvalue weighted by molar-refractivity contribution is 9.10. The van der Waals surface area contributed by atoms with E-state index in [4.69, 9.17) is 9.47 Å². The molecule has 4 rings (SSSR count). The summed E-state index contributed by atoms with van der Waals surface area (Å²) in [5.41, 5.74) is 4.40. The van der Waals surface area contributed by atoms with Crippen molar-refractivity contribution in [1.29, 1.82) is 0 Å². The molecule has 1 N–H and O–H groups in total. The van der Waals surface area contributed by atoms with E-state index in [1.165, 1.54) is 7.11 Å². The number of hydrogen-bond donors (Lipinski definition) is 1. The third kappa shape index (κ3) is 6.61. The Morgan fingerprint density at radius 2 is 1.44 bits per heavy atom. The summed E-state index contributed by atoms with van der Waals surface area (Å²) in [5, 5.41) is 2.83. The molecular weight excluding hydrogens is 518 g/mol. The van der Waals surface area contributed by atoms with E-state index in [0.29, 0.717) is 24.3 Å². The van der Waals surface area contributed by atoms with E-state index in [0.717, 1.165) is 26.7 Å². The van der Waals surface area contributed by atoms with Gasteiger partial charge in [0.2, 0.25) is 0 Å². The van der Waals surface area contributed by atoms with Crippen molar-refractivity contribution in [1.82, 2.24) is 5.32 Å². The Bertz CT molecular complexity index is 1310. The SMILES string of the molecule is COC(=O)C(Cc1ccc(-c2ccccc2)cc1)NC(=O)c1cc(Br)ccc1OCc1ccccc1. The van der Waals surface area contributed by atoms with Gasteiger partial charge >= 0.3 is 5.97 Å². The van der Waals surface area contributed by atoms with Crippen LogP contribution < -0.4 is 10.1 Å². The second-order valence-electron chi connectivity index (χ2n) is 8.23. The van der Waals surface area contributed by atoms with Crippen molar-refractivity contribution in [3.63, 3.8) is 0 Å². The van der Waals surface area contributed by atoms with Gasteiger partial charge < -0.3 is 14.8 Å². The molecule has 0 radical (unpaired) electrons. The van der Waals surface area contributed by atoms with Gasteiger partial charge in [0.15, 0.2) is 0 Å². The quantitative estimate of drug-likeness (QED) is 0.255. The van der Waals surface area contributed by atoms with Gasteiger partial charge in [0.25, 0.3) is 5.91 Å². The molecule has 0 spiro atoms. The number of methoxy groups -OCH3 is 1. The molecular formula is C30H26BrNO4. The molecule has 1 amide bonds. The van der Waals surface area contributed by atoms with Crippen LogP contribution in [-0.2, 0) is 22.6 Å². The average molecular weight is 544 g/mol. The topological polar surface area (TPSA) is 64.6 Å². The van der Waals surface area contributed by atoms with Crippen LogP contribution in [-0.4, -0.2) is 25.0 Å². The first-order valence-corrected chi connectivity index (χ1v) is 12.3. The Morgan fingerprint density at radius 1 is 0.806 bits per heavy atom. The fraction of sp³-hybridized carbons (Fsp3) is 0.133. The van der Waals surface area contributed by atoms with E-state index in [1.807, 2.05) is 91.0 Å². The maximum absolute atomic E-state index is 13.3. The zero-order valence-electron chi connectivity index (χ0n) is 19.8. The monoisotopic (exact) mass is 543 g/mol. The first kappa shape index (κ1) is 25.2. The number of halogens is 1. The first-order valence-electron chi connectivity index (χ1n) is 11.5. The molecule has 36 heavy (non-hydrogen) atoms. The molecule has 1 unspecified atom stereocenters. The van der Waals surface area contributed by atoms with Crippen LogP contribution in [0.1, 0.15) is 21.5 Å². The first-order chi connectivity index (χ1) is 17.5. The lowest BCUT2D eigenvalue weighted by molar-refractivity contribution is -0.142. The molecule has 0 aliphatic heterocycles. The summed E-state index contributed by atoms with van der Waals surface area (Å²) >= 11 is 3.42. The van der Waals surface area contributed by atoms with Gasteiger partial charge in [-0.05, 0) is 40.5 Å². The van der Waals surface area contributed by atoms with Crippen molar-refractivity contribution in [3.05, 3.63) is 124 Å². The molecule has 4 aromatic carbocycles. The van der Waals surface area contributed by atoms with E-state index in [2.05, 4.69) is 21.2 Å². The average Bonchev–Trinajstić information content (AvgIpc) is 2.93. The molecule has 0 aliphatic rings. The summed E-state index contributed by atoms with van der Waals surface area (Å²) in [6.45, 7) is 0.316. The molecule has 6 heteroatoms. The van der Waals surface area contributed by atoms with Crippen molar-refractivity contribution < 1.29 is 19.1 Å². The van der Waals surface area contributed by atoms with Crippen molar-refractivity contribution in [2.24, 2.45) is 0 Å². The molecule has 1 atom stereocenters. The van der Waals surface area contributed by atoms with Crippen LogP contribution in [0.4, 0.5) is 0 Å². The van der Waals surface area contributed by atoms with Crippen molar-refractivity contribution in [2.75, 3.05) is 7.11 Å². The Balaban J connectivity index is 1.49. The normalized spacial score (nSPS) is 11.4. The summed E-state index contributed by atoms with van der Waals surface area (Å²) in [7, 11) is 1.31. The number of benzene rings is 4. The predicted molar refractivity (Wildman–Crippen MR) is 144 cm³/mol. The van der Waals surface area contributed by atoms with Gasteiger partial charge in [0.05, 0.1) is 12.7 Å². The number of carbonyl (C=O) groups is 2. The van der Waals surface area contributed by atoms with Crippen LogP contribution in [0.3, 0.4) is 0 Å². The molecule has 5 nitrogen and oxygen atoms in total. The molecule has 0 aromatic heterocycles. The zero-order valence-corrected chi connectivity index (χ0v) is 21.4. The number of carbonyl (C=O) groups excluding carboxylic acids is 2. The van der Waals surface area contributed by atoms with Crippen molar-refractivity contribution in [3.8, 4) is 16.9 Å². The molecule has 0 aliphatic carbocycles. The third-order valence-electron chi connectivity index (χ3n) is 5.72. The van der Waals surface area contributed by atoms with E-state index in [9.17, 15) is 9.59 Å². The minimum atomic E-state index is -0.856. The van der Waals surface area contributed by atoms with Crippen molar-refractivity contribution in [2.45, 2.75) is 19.1 Å². The van der Waals surface area contributed by atoms with Gasteiger partial charge in [-0.2, -0.15) is 0 Å². The lowest BCUT2D eigenvalue weighted by Crippen LogP contribution is -2.43. The maximum atomic E-state index is 13.3. The fourth-order valence-corrected chi connectivity index (χ4v) is 4.17. The van der Waals surface area contributed by atoms with Crippen LogP contribution in [0.15, 0.2) is 108 Å². The van der Waals surface area contributed by atoms with Gasteiger partial charge in [-0.25, -0.2) is 4.79 Å². The van der Waals surface area contributed by atoms with E-state index in [-0.39, 0.29) is 0 Å². The molecule has 0 saturated carbocycles. The summed E-state index contributed by atoms with van der Waals surface area (Å²) in [5.74, 6) is -0.511. The lowest BCUT2D eigenvalue weighted by Gasteiger charge is -2.18. The number of amides is 1. The summed E-state index contributed by atoms with van der Waals surface area (Å²) in [6.07, 6.45) is 0.293. The minimum Gasteiger partial charge on any atom is -0.488 e. The summed E-state index contributed by atoms with van der Waals surface area (Å²) < 4.78 is 11.7. The predicted octanol–water partition coefficient (Wildman–Crippen LogP) is 6.21. The van der Waals surface area contributed by atoms with Crippen LogP contribution in [0, 0.1) is 0 Å². The number of hydrogen-bond acceptors (Lipinski definition) is 4. The fourth-order valence-electron chi connectivity index (χ4n) is 3.81. The Labute approximate surface area is 219 Å². The second-order valence-corrected chi connectivity index (χ2v) is 9.15. The number of rotatable bonds is 9. The maximum Gasteiger partial charge on any atom is 0.328 e. The zero-order chi connectivity index (χ0) is 25.3. The number of esters is 1. The standard InChI is InChI=1S/C30H26BrNO4/c1-35-30(34)27(18-21-12-14-24(15-13-21)23-10-6-3-7-11-23)32-29(33)26-19-25(31)16-17-28(26)36-20-22-8-4-2-5-9-22/h2-17,19,27H,18,20H2,1H3,(H,32,33). The van der Waals surface area contributed by atoms with Crippen LogP contribution >= 0.6 is 15.9 Å². The molecule has 182 valence electrons. The highest BCUT2D eigenvalue weighted by Crippen LogP contribution is 2.25. The van der Waals surface area contributed by atoms with Crippen LogP contribution in [0.25, 0.3) is 11.1 Å². The molecule has 0 heterocycles. The molecule has 4 aromatic rings. The Kier molecular flexibility index (Phi) is 8.53. The number of nitrogens with one attached hydrogen (secondary N) is 1. The second kappa shape index (κ2) is 12.2. The third-order valence-corrected chi connectivity index (χ3v) is 6.21. The van der Waals surface area contributed by atoms with Crippen LogP contribution in [0.5, 0.6) is 5.75 Å². The van der Waals surface area contributed by atoms with Gasteiger partial charge in [-0.15, -0.1) is 0 Å². The van der Waals surface area contributed by atoms with E-state index in [1.54, 1.807) is 12.1 Å². The van der Waals surface area contributed by atoms with E-state index >= 15 is 0 Å². The smallest absolute Gasteiger partial charge is 0.328 e. The number of ether oxygens (including phenoxy) is 2. The minimum absolute atomic E-state index is 0.293. The largest absolute Gasteiger partial charge is 0.488 e. The van der Waals surface area contributed by atoms with Gasteiger partial charge in [0, 0.05) is 10.9 Å². The van der Waals surface area contributed by atoms with E-state index < -0.39 is 17.9 Å². The summed E-state index contributed by atoms with van der Waals surface area (Å²) in [4.78, 5) is 25.8.